The highest BCUT2D eigenvalue weighted by Crippen LogP contribution is 2.46. The number of fused-ring (bicyclic) bond motifs is 1. The second-order valence-corrected chi connectivity index (χ2v) is 11.3. The Morgan fingerprint density at radius 1 is 1.15 bits per heavy atom. The molecule has 4 aromatic rings. The maximum atomic E-state index is 13.4. The summed E-state index contributed by atoms with van der Waals surface area (Å²) in [4.78, 5) is 16.6. The van der Waals surface area contributed by atoms with Gasteiger partial charge in [0.1, 0.15) is 14.2 Å². The highest BCUT2D eigenvalue weighted by molar-refractivity contribution is 9.10. The van der Waals surface area contributed by atoms with Crippen molar-refractivity contribution in [3.05, 3.63) is 94.7 Å². The molecule has 0 saturated carbocycles. The standard InChI is InChI=1S/C24H21BrN3OS3.ClH/c1-3-28-21(14-20-27(11-12-30-20)15-16-7-5-4-6-8-16)32-22(23(28)29)24-26(2)18-10-9-17(25)13-19(18)31-24;/h4-14H,3,15H2,1-2H3;1H/q+1;/p-1/b24-22+;. The van der Waals surface area contributed by atoms with Crippen molar-refractivity contribution in [2.45, 2.75) is 24.9 Å². The summed E-state index contributed by atoms with van der Waals surface area (Å²) in [6.07, 6.45) is 4.26. The second kappa shape index (κ2) is 10.2. The van der Waals surface area contributed by atoms with Crippen LogP contribution < -0.4 is 36.6 Å². The molecule has 0 radical (unpaired) electrons. The van der Waals surface area contributed by atoms with E-state index in [1.165, 1.54) is 5.56 Å². The molecule has 0 unspecified atom stereocenters. The van der Waals surface area contributed by atoms with Crippen molar-refractivity contribution in [1.29, 1.82) is 0 Å². The maximum absolute atomic E-state index is 13.4. The highest BCUT2D eigenvalue weighted by atomic mass is 79.9. The predicted octanol–water partition coefficient (Wildman–Crippen LogP) is 1.23. The molecule has 0 aliphatic carbocycles. The first-order valence-electron chi connectivity index (χ1n) is 10.2. The maximum Gasteiger partial charge on any atom is 0.271 e. The summed E-state index contributed by atoms with van der Waals surface area (Å²) in [7, 11) is 2.04. The minimum atomic E-state index is 0. The van der Waals surface area contributed by atoms with E-state index in [1.54, 1.807) is 34.4 Å². The Kier molecular flexibility index (Phi) is 7.50. The van der Waals surface area contributed by atoms with Gasteiger partial charge in [-0.25, -0.2) is 0 Å². The first-order valence-corrected chi connectivity index (χ1v) is 13.5. The normalized spacial score (nSPS) is 15.0. The molecule has 1 aliphatic rings. The largest absolute Gasteiger partial charge is 1.00 e. The van der Waals surface area contributed by atoms with Crippen LogP contribution in [0.1, 0.15) is 17.5 Å². The van der Waals surface area contributed by atoms with Crippen LogP contribution in [0.25, 0.3) is 11.1 Å². The fourth-order valence-corrected chi connectivity index (χ4v) is 7.61. The van der Waals surface area contributed by atoms with Crippen molar-refractivity contribution in [2.75, 3.05) is 11.9 Å². The summed E-state index contributed by atoms with van der Waals surface area (Å²) in [5, 5.41) is 4.23. The molecular formula is C24H21BrClN3OS3. The molecule has 4 nitrogen and oxygen atoms in total. The number of hydrogen-bond acceptors (Lipinski definition) is 5. The summed E-state index contributed by atoms with van der Waals surface area (Å²) in [5.74, 6) is 0. The molecule has 170 valence electrons. The van der Waals surface area contributed by atoms with Gasteiger partial charge in [-0.15, -0.1) is 11.3 Å². The lowest BCUT2D eigenvalue weighted by Crippen LogP contribution is -3.00. The van der Waals surface area contributed by atoms with E-state index in [9.17, 15) is 4.79 Å². The van der Waals surface area contributed by atoms with E-state index in [2.05, 4.69) is 79.4 Å². The first kappa shape index (κ1) is 24.3. The zero-order valence-electron chi connectivity index (χ0n) is 18.0. The molecule has 2 aromatic heterocycles. The summed E-state index contributed by atoms with van der Waals surface area (Å²) in [6.45, 7) is 3.49. The van der Waals surface area contributed by atoms with E-state index < -0.39 is 0 Å². The van der Waals surface area contributed by atoms with Crippen LogP contribution in [0.4, 0.5) is 5.69 Å². The van der Waals surface area contributed by atoms with E-state index in [-0.39, 0.29) is 18.0 Å². The van der Waals surface area contributed by atoms with Crippen LogP contribution in [-0.2, 0) is 13.1 Å². The first-order chi connectivity index (χ1) is 15.5. The zero-order valence-corrected chi connectivity index (χ0v) is 22.8. The fourth-order valence-electron chi connectivity index (χ4n) is 3.74. The van der Waals surface area contributed by atoms with Gasteiger partial charge in [0.05, 0.1) is 17.1 Å². The monoisotopic (exact) mass is 577 g/mol. The van der Waals surface area contributed by atoms with Gasteiger partial charge in [0.2, 0.25) is 0 Å². The van der Waals surface area contributed by atoms with Gasteiger partial charge in [-0.1, -0.05) is 69.4 Å². The molecule has 1 aliphatic heterocycles. The number of thiazole rings is 2. The van der Waals surface area contributed by atoms with E-state index in [4.69, 9.17) is 0 Å². The Morgan fingerprint density at radius 3 is 2.70 bits per heavy atom. The quantitative estimate of drug-likeness (QED) is 0.341. The summed E-state index contributed by atoms with van der Waals surface area (Å²) >= 11 is 8.49. The minimum absolute atomic E-state index is 0. The van der Waals surface area contributed by atoms with Crippen molar-refractivity contribution >= 4 is 67.2 Å². The third-order valence-electron chi connectivity index (χ3n) is 5.37. The summed E-state index contributed by atoms with van der Waals surface area (Å²) < 4.78 is 6.94. The molecule has 0 fully saturated rings. The van der Waals surface area contributed by atoms with Crippen LogP contribution in [0.2, 0.25) is 0 Å². The molecule has 3 heterocycles. The Labute approximate surface area is 219 Å². The van der Waals surface area contributed by atoms with Crippen LogP contribution in [0.15, 0.2) is 74.3 Å². The van der Waals surface area contributed by atoms with Crippen LogP contribution >= 0.6 is 50.4 Å². The van der Waals surface area contributed by atoms with E-state index in [1.807, 2.05) is 30.7 Å². The van der Waals surface area contributed by atoms with Crippen LogP contribution in [0.3, 0.4) is 0 Å². The van der Waals surface area contributed by atoms with Gasteiger partial charge in [0, 0.05) is 28.5 Å². The zero-order chi connectivity index (χ0) is 22.2. The average Bonchev–Trinajstić information content (AvgIpc) is 3.45. The number of hydrogen-bond donors (Lipinski definition) is 0. The molecule has 0 amide bonds. The smallest absolute Gasteiger partial charge is 0.271 e. The van der Waals surface area contributed by atoms with E-state index >= 15 is 0 Å². The molecule has 0 spiro atoms. The van der Waals surface area contributed by atoms with Gasteiger partial charge >= 0.3 is 0 Å². The van der Waals surface area contributed by atoms with Gasteiger partial charge in [-0.05, 0) is 25.1 Å². The van der Waals surface area contributed by atoms with E-state index in [0.29, 0.717) is 6.54 Å². The SMILES string of the molecule is CCn1c(=O)/c(=C2\Sc3cc(Br)ccc3N2C)s/c1=C\c1scc[n+]1Cc1ccccc1.[Cl-]. The molecular weight excluding hydrogens is 558 g/mol. The number of thioether (sulfide) groups is 1. The molecule has 0 saturated heterocycles. The number of rotatable bonds is 4. The molecule has 33 heavy (non-hydrogen) atoms. The Balaban J connectivity index is 0.00000259. The highest BCUT2D eigenvalue weighted by Gasteiger charge is 2.25. The molecule has 0 bridgehead atoms. The lowest BCUT2D eigenvalue weighted by Gasteiger charge is -2.12. The van der Waals surface area contributed by atoms with Crippen molar-refractivity contribution in [3.63, 3.8) is 0 Å². The lowest BCUT2D eigenvalue weighted by atomic mass is 10.2. The number of aromatic nitrogens is 2. The Hall–Kier alpha value is -1.84. The lowest BCUT2D eigenvalue weighted by molar-refractivity contribution is -0.685. The average molecular weight is 579 g/mol. The van der Waals surface area contributed by atoms with Gasteiger partial charge in [0.25, 0.3) is 10.6 Å². The number of halogens is 2. The van der Waals surface area contributed by atoms with Gasteiger partial charge < -0.3 is 17.3 Å². The summed E-state index contributed by atoms with van der Waals surface area (Å²) in [5.41, 5.74) is 2.47. The number of anilines is 1. The molecule has 0 N–H and O–H groups in total. The van der Waals surface area contributed by atoms with Crippen LogP contribution in [0.5, 0.6) is 0 Å². The number of nitrogens with zero attached hydrogens (tertiary/aromatic N) is 3. The Morgan fingerprint density at radius 2 is 1.94 bits per heavy atom. The van der Waals surface area contributed by atoms with Crippen molar-refractivity contribution in [3.8, 4) is 0 Å². The minimum Gasteiger partial charge on any atom is -1.00 e. The molecule has 2 aromatic carbocycles. The fraction of sp³-hybridized carbons (Fsp3) is 0.167. The van der Waals surface area contributed by atoms with Crippen LogP contribution in [0, 0.1) is 0 Å². The third-order valence-corrected chi connectivity index (χ3v) is 9.18. The Bertz CT molecular complexity index is 1480. The van der Waals surface area contributed by atoms with Crippen molar-refractivity contribution < 1.29 is 17.0 Å². The third kappa shape index (κ3) is 4.72. The molecule has 5 rings (SSSR count). The van der Waals surface area contributed by atoms with Gasteiger partial charge in [-0.2, -0.15) is 4.57 Å². The van der Waals surface area contributed by atoms with Gasteiger partial charge in [0.15, 0.2) is 12.7 Å². The van der Waals surface area contributed by atoms with Crippen LogP contribution in [-0.4, -0.2) is 11.6 Å². The topological polar surface area (TPSA) is 29.1 Å². The summed E-state index contributed by atoms with van der Waals surface area (Å²) in [6, 6.07) is 16.7. The van der Waals surface area contributed by atoms with Gasteiger partial charge in [-0.3, -0.25) is 9.36 Å². The second-order valence-electron chi connectivity index (χ2n) is 7.40. The molecule has 9 heteroatoms. The van der Waals surface area contributed by atoms with Crippen molar-refractivity contribution in [1.82, 2.24) is 4.57 Å². The predicted molar refractivity (Wildman–Crippen MR) is 139 cm³/mol. The molecule has 0 atom stereocenters. The van der Waals surface area contributed by atoms with Crippen molar-refractivity contribution in [2.24, 2.45) is 0 Å². The van der Waals surface area contributed by atoms with E-state index in [0.717, 1.165) is 40.8 Å². The number of benzene rings is 2.